The molecule has 1 aromatic rings. The van der Waals surface area contributed by atoms with E-state index < -0.39 is 17.4 Å². The second kappa shape index (κ2) is 4.82. The van der Waals surface area contributed by atoms with Crippen LogP contribution >= 0.6 is 15.9 Å². The minimum Gasteiger partial charge on any atom is -0.480 e. The number of carbonyl (C=O) groups is 2. The molecular formula is C12H14BrN3O3. The molecule has 0 aliphatic carbocycles. The van der Waals surface area contributed by atoms with Gasteiger partial charge in [0.25, 0.3) is 0 Å². The molecule has 0 bridgehead atoms. The summed E-state index contributed by atoms with van der Waals surface area (Å²) in [6, 6.07) is 5.09. The van der Waals surface area contributed by atoms with Crippen molar-refractivity contribution in [1.82, 2.24) is 0 Å². The van der Waals surface area contributed by atoms with Gasteiger partial charge in [-0.15, -0.1) is 0 Å². The van der Waals surface area contributed by atoms with Crippen molar-refractivity contribution in [1.29, 1.82) is 0 Å². The summed E-state index contributed by atoms with van der Waals surface area (Å²) < 4.78 is 0.586. The molecule has 102 valence electrons. The van der Waals surface area contributed by atoms with Crippen LogP contribution in [0.5, 0.6) is 0 Å². The van der Waals surface area contributed by atoms with Gasteiger partial charge in [0.1, 0.15) is 5.54 Å². The van der Waals surface area contributed by atoms with Crippen molar-refractivity contribution in [2.45, 2.75) is 12.0 Å². The Hall–Kier alpha value is -1.60. The highest BCUT2D eigenvalue weighted by Gasteiger charge is 2.41. The van der Waals surface area contributed by atoms with Crippen LogP contribution in [0.15, 0.2) is 22.7 Å². The zero-order valence-corrected chi connectivity index (χ0v) is 11.7. The number of nitrogens with zero attached hydrogens (tertiary/aromatic N) is 1. The molecule has 1 fully saturated rings. The van der Waals surface area contributed by atoms with Gasteiger partial charge in [-0.05, 0) is 40.5 Å². The Morgan fingerprint density at radius 2 is 2.11 bits per heavy atom. The molecule has 1 aliphatic rings. The highest BCUT2D eigenvalue weighted by Crippen LogP contribution is 2.29. The maximum atomic E-state index is 11.1. The Morgan fingerprint density at radius 1 is 1.42 bits per heavy atom. The third-order valence-electron chi connectivity index (χ3n) is 3.31. The molecule has 0 saturated carbocycles. The van der Waals surface area contributed by atoms with Gasteiger partial charge in [0, 0.05) is 23.2 Å². The van der Waals surface area contributed by atoms with Crippen LogP contribution in [0.4, 0.5) is 5.69 Å². The first kappa shape index (κ1) is 13.8. The number of aliphatic carboxylic acids is 1. The van der Waals surface area contributed by atoms with Crippen LogP contribution in [0.25, 0.3) is 0 Å². The minimum absolute atomic E-state index is 0.241. The first-order valence-electron chi connectivity index (χ1n) is 5.70. The number of halogens is 1. The van der Waals surface area contributed by atoms with E-state index in [9.17, 15) is 9.59 Å². The fraction of sp³-hybridized carbons (Fsp3) is 0.333. The van der Waals surface area contributed by atoms with Gasteiger partial charge in [-0.3, -0.25) is 9.59 Å². The second-order valence-corrected chi connectivity index (χ2v) is 5.52. The molecular weight excluding hydrogens is 314 g/mol. The van der Waals surface area contributed by atoms with Crippen molar-refractivity contribution >= 4 is 33.5 Å². The third kappa shape index (κ3) is 2.57. The number of hydrogen-bond donors (Lipinski definition) is 3. The van der Waals surface area contributed by atoms with Crippen LogP contribution in [0.3, 0.4) is 0 Å². The standard InChI is InChI=1S/C12H14BrN3O3/c13-9-5-7(1-2-8(9)10(14)17)16-4-3-12(15,6-16)11(18)19/h1-2,5H,3-4,6,15H2,(H2,14,17)(H,18,19). The van der Waals surface area contributed by atoms with Crippen LogP contribution < -0.4 is 16.4 Å². The SMILES string of the molecule is NC(=O)c1ccc(N2CCC(N)(C(=O)O)C2)cc1Br. The molecule has 0 radical (unpaired) electrons. The summed E-state index contributed by atoms with van der Waals surface area (Å²) in [4.78, 5) is 24.1. The summed E-state index contributed by atoms with van der Waals surface area (Å²) in [5.41, 5.74) is 11.0. The van der Waals surface area contributed by atoms with Gasteiger partial charge in [0.15, 0.2) is 0 Å². The van der Waals surface area contributed by atoms with Crippen LogP contribution in [0, 0.1) is 0 Å². The molecule has 1 saturated heterocycles. The van der Waals surface area contributed by atoms with E-state index in [1.165, 1.54) is 0 Å². The molecule has 2 rings (SSSR count). The number of carboxylic acid groups (broad SMARTS) is 1. The summed E-state index contributed by atoms with van der Waals surface area (Å²) in [7, 11) is 0. The van der Waals surface area contributed by atoms with E-state index in [1.54, 1.807) is 18.2 Å². The lowest BCUT2D eigenvalue weighted by molar-refractivity contribution is -0.142. The lowest BCUT2D eigenvalue weighted by Gasteiger charge is -2.22. The zero-order valence-electron chi connectivity index (χ0n) is 10.1. The lowest BCUT2D eigenvalue weighted by Crippen LogP contribution is -2.50. The lowest BCUT2D eigenvalue weighted by atomic mass is 10.0. The predicted octanol–water partition coefficient (Wildman–Crippen LogP) is 0.540. The Bertz CT molecular complexity index is 549. The van der Waals surface area contributed by atoms with Gasteiger partial charge in [0.05, 0.1) is 5.56 Å². The molecule has 7 heteroatoms. The molecule has 1 heterocycles. The van der Waals surface area contributed by atoms with Crippen molar-refractivity contribution in [2.24, 2.45) is 11.5 Å². The van der Waals surface area contributed by atoms with E-state index in [-0.39, 0.29) is 6.54 Å². The van der Waals surface area contributed by atoms with Gasteiger partial charge < -0.3 is 21.5 Å². The predicted molar refractivity (Wildman–Crippen MR) is 74.0 cm³/mol. The molecule has 1 atom stereocenters. The largest absolute Gasteiger partial charge is 0.480 e. The van der Waals surface area contributed by atoms with Gasteiger partial charge in [-0.25, -0.2) is 0 Å². The van der Waals surface area contributed by atoms with E-state index in [0.29, 0.717) is 23.0 Å². The van der Waals surface area contributed by atoms with E-state index in [1.807, 2.05) is 4.90 Å². The normalized spacial score (nSPS) is 22.5. The monoisotopic (exact) mass is 327 g/mol. The Balaban J connectivity index is 2.23. The summed E-state index contributed by atoms with van der Waals surface area (Å²) in [5, 5.41) is 9.09. The van der Waals surface area contributed by atoms with Crippen LogP contribution in [-0.4, -0.2) is 35.6 Å². The number of nitrogens with two attached hydrogens (primary N) is 2. The summed E-state index contributed by atoms with van der Waals surface area (Å²) >= 11 is 3.28. The number of carbonyl (C=O) groups excluding carboxylic acids is 1. The quantitative estimate of drug-likeness (QED) is 0.750. The molecule has 19 heavy (non-hydrogen) atoms. The molecule has 1 unspecified atom stereocenters. The van der Waals surface area contributed by atoms with E-state index in [2.05, 4.69) is 15.9 Å². The van der Waals surface area contributed by atoms with Crippen molar-refractivity contribution in [2.75, 3.05) is 18.0 Å². The van der Waals surface area contributed by atoms with E-state index in [4.69, 9.17) is 16.6 Å². The highest BCUT2D eigenvalue weighted by molar-refractivity contribution is 9.10. The van der Waals surface area contributed by atoms with Crippen LogP contribution in [-0.2, 0) is 4.79 Å². The average Bonchev–Trinajstić information content (AvgIpc) is 2.73. The van der Waals surface area contributed by atoms with Crippen LogP contribution in [0.1, 0.15) is 16.8 Å². The summed E-state index contributed by atoms with van der Waals surface area (Å²) in [5.74, 6) is -1.51. The van der Waals surface area contributed by atoms with E-state index in [0.717, 1.165) is 5.69 Å². The molecule has 6 nitrogen and oxygen atoms in total. The van der Waals surface area contributed by atoms with Crippen molar-refractivity contribution in [3.63, 3.8) is 0 Å². The van der Waals surface area contributed by atoms with Crippen molar-refractivity contribution < 1.29 is 14.7 Å². The highest BCUT2D eigenvalue weighted by atomic mass is 79.9. The Morgan fingerprint density at radius 3 is 2.58 bits per heavy atom. The number of carboxylic acids is 1. The number of benzene rings is 1. The molecule has 0 spiro atoms. The smallest absolute Gasteiger partial charge is 0.325 e. The fourth-order valence-corrected chi connectivity index (χ4v) is 2.69. The van der Waals surface area contributed by atoms with E-state index >= 15 is 0 Å². The third-order valence-corrected chi connectivity index (χ3v) is 3.97. The summed E-state index contributed by atoms with van der Waals surface area (Å²) in [6.45, 7) is 0.801. The fourth-order valence-electron chi connectivity index (χ4n) is 2.13. The van der Waals surface area contributed by atoms with Gasteiger partial charge in [0.2, 0.25) is 5.91 Å². The number of primary amides is 1. The van der Waals surface area contributed by atoms with Gasteiger partial charge >= 0.3 is 5.97 Å². The second-order valence-electron chi connectivity index (χ2n) is 4.66. The molecule has 0 aromatic heterocycles. The molecule has 5 N–H and O–H groups in total. The summed E-state index contributed by atoms with van der Waals surface area (Å²) in [6.07, 6.45) is 0.386. The topological polar surface area (TPSA) is 110 Å². The molecule has 1 aliphatic heterocycles. The number of amides is 1. The molecule has 1 amide bonds. The average molecular weight is 328 g/mol. The zero-order chi connectivity index (χ0) is 14.2. The first-order chi connectivity index (χ1) is 8.83. The number of rotatable bonds is 3. The first-order valence-corrected chi connectivity index (χ1v) is 6.49. The number of anilines is 1. The molecule has 1 aromatic carbocycles. The van der Waals surface area contributed by atoms with Crippen molar-refractivity contribution in [3.8, 4) is 0 Å². The van der Waals surface area contributed by atoms with Crippen molar-refractivity contribution in [3.05, 3.63) is 28.2 Å². The van der Waals surface area contributed by atoms with Gasteiger partial charge in [-0.1, -0.05) is 0 Å². The minimum atomic E-state index is -1.21. The maximum absolute atomic E-state index is 11.1. The Kier molecular flexibility index (Phi) is 3.51. The number of hydrogen-bond acceptors (Lipinski definition) is 4. The maximum Gasteiger partial charge on any atom is 0.325 e. The van der Waals surface area contributed by atoms with Crippen LogP contribution in [0.2, 0.25) is 0 Å². The Labute approximate surface area is 118 Å². The van der Waals surface area contributed by atoms with Gasteiger partial charge in [-0.2, -0.15) is 0 Å².